The Bertz CT molecular complexity index is 693. The van der Waals surface area contributed by atoms with Crippen molar-refractivity contribution in [2.24, 2.45) is 0 Å². The van der Waals surface area contributed by atoms with Gasteiger partial charge in [0.05, 0.1) is 17.0 Å². The van der Waals surface area contributed by atoms with Crippen LogP contribution in [-0.2, 0) is 10.4 Å². The number of anilines is 1. The molecule has 3 rings (SSSR count). The molecule has 1 atom stereocenters. The van der Waals surface area contributed by atoms with Crippen molar-refractivity contribution in [1.29, 1.82) is 0 Å². The van der Waals surface area contributed by atoms with E-state index in [1.54, 1.807) is 29.6 Å². The van der Waals surface area contributed by atoms with Crippen LogP contribution in [0.25, 0.3) is 0 Å². The highest BCUT2D eigenvalue weighted by Gasteiger charge is 2.47. The number of hydrogen-bond acceptors (Lipinski definition) is 4. The van der Waals surface area contributed by atoms with E-state index in [1.807, 2.05) is 13.0 Å². The predicted molar refractivity (Wildman–Crippen MR) is 77.0 cm³/mol. The summed E-state index contributed by atoms with van der Waals surface area (Å²) in [5, 5.41) is 15.1. The standard InChI is InChI=1S/C15H13NO3S/c1-9-4-2-5-10-13(9)16-14(18)15(10,19)8-11(17)12-6-3-7-20-12/h2-7,19H,8H2,1H3,(H,16,18)/t15-/m0/s1. The van der Waals surface area contributed by atoms with Gasteiger partial charge in [-0.25, -0.2) is 0 Å². The van der Waals surface area contributed by atoms with E-state index in [-0.39, 0.29) is 12.2 Å². The molecule has 1 aliphatic heterocycles. The molecule has 0 saturated carbocycles. The van der Waals surface area contributed by atoms with Gasteiger partial charge >= 0.3 is 0 Å². The minimum Gasteiger partial charge on any atom is -0.375 e. The molecule has 102 valence electrons. The highest BCUT2D eigenvalue weighted by molar-refractivity contribution is 7.12. The van der Waals surface area contributed by atoms with E-state index in [0.29, 0.717) is 16.1 Å². The summed E-state index contributed by atoms with van der Waals surface area (Å²) in [6, 6.07) is 8.78. The average Bonchev–Trinajstić information content (AvgIpc) is 3.01. The molecular weight excluding hydrogens is 274 g/mol. The van der Waals surface area contributed by atoms with E-state index < -0.39 is 11.5 Å². The number of aryl methyl sites for hydroxylation is 1. The van der Waals surface area contributed by atoms with Crippen LogP contribution in [0.1, 0.15) is 27.2 Å². The summed E-state index contributed by atoms with van der Waals surface area (Å²) < 4.78 is 0. The Morgan fingerprint density at radius 3 is 2.85 bits per heavy atom. The van der Waals surface area contributed by atoms with E-state index in [0.717, 1.165) is 5.56 Å². The van der Waals surface area contributed by atoms with Crippen molar-refractivity contribution in [3.8, 4) is 0 Å². The monoisotopic (exact) mass is 287 g/mol. The molecule has 0 radical (unpaired) electrons. The van der Waals surface area contributed by atoms with Crippen molar-refractivity contribution in [2.45, 2.75) is 18.9 Å². The second-order valence-electron chi connectivity index (χ2n) is 4.89. The lowest BCUT2D eigenvalue weighted by Crippen LogP contribution is -2.36. The Kier molecular flexibility index (Phi) is 2.96. The maximum Gasteiger partial charge on any atom is 0.261 e. The van der Waals surface area contributed by atoms with Crippen molar-refractivity contribution >= 4 is 28.7 Å². The van der Waals surface area contributed by atoms with E-state index in [9.17, 15) is 14.7 Å². The molecule has 2 aromatic rings. The second-order valence-corrected chi connectivity index (χ2v) is 5.84. The van der Waals surface area contributed by atoms with E-state index in [4.69, 9.17) is 0 Å². The fraction of sp³-hybridized carbons (Fsp3) is 0.200. The topological polar surface area (TPSA) is 66.4 Å². The lowest BCUT2D eigenvalue weighted by atomic mass is 9.89. The first-order chi connectivity index (χ1) is 9.52. The Morgan fingerprint density at radius 1 is 1.35 bits per heavy atom. The van der Waals surface area contributed by atoms with E-state index in [2.05, 4.69) is 5.32 Å². The second kappa shape index (κ2) is 4.54. The zero-order chi connectivity index (χ0) is 14.3. The van der Waals surface area contributed by atoms with Gasteiger partial charge in [0.2, 0.25) is 0 Å². The molecule has 5 heteroatoms. The number of para-hydroxylation sites is 1. The van der Waals surface area contributed by atoms with Gasteiger partial charge in [0.15, 0.2) is 11.4 Å². The fourth-order valence-corrected chi connectivity index (χ4v) is 3.11. The van der Waals surface area contributed by atoms with Crippen molar-refractivity contribution in [3.63, 3.8) is 0 Å². The fourth-order valence-electron chi connectivity index (χ4n) is 2.45. The molecule has 20 heavy (non-hydrogen) atoms. The van der Waals surface area contributed by atoms with Gasteiger partial charge in [0.1, 0.15) is 0 Å². The molecule has 0 unspecified atom stereocenters. The maximum atomic E-state index is 12.2. The van der Waals surface area contributed by atoms with Crippen LogP contribution in [0.2, 0.25) is 0 Å². The summed E-state index contributed by atoms with van der Waals surface area (Å²) in [4.78, 5) is 24.8. The summed E-state index contributed by atoms with van der Waals surface area (Å²) >= 11 is 1.31. The zero-order valence-corrected chi connectivity index (χ0v) is 11.7. The lowest BCUT2D eigenvalue weighted by molar-refractivity contribution is -0.133. The van der Waals surface area contributed by atoms with Crippen molar-refractivity contribution < 1.29 is 14.7 Å². The number of carbonyl (C=O) groups is 2. The number of nitrogens with one attached hydrogen (secondary N) is 1. The van der Waals surface area contributed by atoms with Gasteiger partial charge in [-0.2, -0.15) is 0 Å². The van der Waals surface area contributed by atoms with Crippen LogP contribution in [-0.4, -0.2) is 16.8 Å². The maximum absolute atomic E-state index is 12.2. The first-order valence-electron chi connectivity index (χ1n) is 6.23. The smallest absolute Gasteiger partial charge is 0.261 e. The molecule has 0 spiro atoms. The Morgan fingerprint density at radius 2 is 2.15 bits per heavy atom. The number of rotatable bonds is 3. The Hall–Kier alpha value is -1.98. The molecule has 0 bridgehead atoms. The Balaban J connectivity index is 1.99. The third-order valence-electron chi connectivity index (χ3n) is 3.54. The molecule has 1 aromatic carbocycles. The van der Waals surface area contributed by atoms with Crippen LogP contribution < -0.4 is 5.32 Å². The molecule has 0 saturated heterocycles. The summed E-state index contributed by atoms with van der Waals surface area (Å²) in [6.07, 6.45) is -0.240. The number of thiophene rings is 1. The number of aliphatic hydroxyl groups is 1. The normalized spacial score (nSPS) is 20.6. The van der Waals surface area contributed by atoms with Gasteiger partial charge in [0.25, 0.3) is 5.91 Å². The van der Waals surface area contributed by atoms with Gasteiger partial charge in [0, 0.05) is 5.56 Å². The largest absolute Gasteiger partial charge is 0.375 e. The summed E-state index contributed by atoms with van der Waals surface area (Å²) in [5.41, 5.74) is 0.185. The molecule has 2 N–H and O–H groups in total. The lowest BCUT2D eigenvalue weighted by Gasteiger charge is -2.19. The number of ketones is 1. The molecular formula is C15H13NO3S. The minimum atomic E-state index is -1.78. The van der Waals surface area contributed by atoms with Gasteiger partial charge < -0.3 is 10.4 Å². The van der Waals surface area contributed by atoms with Crippen LogP contribution in [0.5, 0.6) is 0 Å². The first-order valence-corrected chi connectivity index (χ1v) is 7.11. The summed E-state index contributed by atoms with van der Waals surface area (Å²) in [6.45, 7) is 1.85. The third-order valence-corrected chi connectivity index (χ3v) is 4.46. The van der Waals surface area contributed by atoms with Crippen LogP contribution in [0.15, 0.2) is 35.7 Å². The third kappa shape index (κ3) is 1.87. The zero-order valence-electron chi connectivity index (χ0n) is 10.8. The molecule has 1 amide bonds. The van der Waals surface area contributed by atoms with Gasteiger partial charge in [-0.1, -0.05) is 24.3 Å². The van der Waals surface area contributed by atoms with E-state index in [1.165, 1.54) is 11.3 Å². The van der Waals surface area contributed by atoms with Crippen LogP contribution in [0.4, 0.5) is 5.69 Å². The van der Waals surface area contributed by atoms with Crippen LogP contribution in [0, 0.1) is 6.92 Å². The summed E-state index contributed by atoms with van der Waals surface area (Å²) in [7, 11) is 0. The number of carbonyl (C=O) groups excluding carboxylic acids is 2. The van der Waals surface area contributed by atoms with Crippen molar-refractivity contribution in [1.82, 2.24) is 0 Å². The van der Waals surface area contributed by atoms with Crippen LogP contribution in [0.3, 0.4) is 0 Å². The number of hydrogen-bond donors (Lipinski definition) is 2. The molecule has 0 fully saturated rings. The first kappa shape index (κ1) is 13.0. The highest BCUT2D eigenvalue weighted by atomic mass is 32.1. The predicted octanol–water partition coefficient (Wildman–Crippen LogP) is 2.47. The number of Topliss-reactive ketones (excluding diaryl/α,β-unsaturated/α-hetero) is 1. The summed E-state index contributed by atoms with van der Waals surface area (Å²) in [5.74, 6) is -0.765. The van der Waals surface area contributed by atoms with Crippen molar-refractivity contribution in [3.05, 3.63) is 51.7 Å². The number of benzene rings is 1. The van der Waals surface area contributed by atoms with Crippen molar-refractivity contribution in [2.75, 3.05) is 5.32 Å². The van der Waals surface area contributed by atoms with Gasteiger partial charge in [-0.05, 0) is 23.9 Å². The van der Waals surface area contributed by atoms with E-state index >= 15 is 0 Å². The molecule has 0 aliphatic carbocycles. The van der Waals surface area contributed by atoms with Crippen LogP contribution >= 0.6 is 11.3 Å². The molecule has 2 heterocycles. The molecule has 4 nitrogen and oxygen atoms in total. The minimum absolute atomic E-state index is 0.230. The highest BCUT2D eigenvalue weighted by Crippen LogP contribution is 2.40. The molecule has 1 aromatic heterocycles. The SMILES string of the molecule is Cc1cccc2c1NC(=O)[C@]2(O)CC(=O)c1cccs1. The number of amides is 1. The number of fused-ring (bicyclic) bond motifs is 1. The molecule has 1 aliphatic rings. The Labute approximate surface area is 120 Å². The average molecular weight is 287 g/mol. The quantitative estimate of drug-likeness (QED) is 0.852. The van der Waals surface area contributed by atoms with Gasteiger partial charge in [-0.3, -0.25) is 9.59 Å². The van der Waals surface area contributed by atoms with Gasteiger partial charge in [-0.15, -0.1) is 11.3 Å².